The quantitative estimate of drug-likeness (QED) is 0.726. The molecule has 1 aliphatic carbocycles. The summed E-state index contributed by atoms with van der Waals surface area (Å²) < 4.78 is 0. The molecule has 3 nitrogen and oxygen atoms in total. The molecule has 2 aromatic rings. The first kappa shape index (κ1) is 14.7. The van der Waals surface area contributed by atoms with Gasteiger partial charge in [0.05, 0.1) is 10.0 Å². The number of aromatic nitrogens is 2. The molecule has 1 aliphatic rings. The zero-order valence-electron chi connectivity index (χ0n) is 11.8. The highest BCUT2D eigenvalue weighted by molar-refractivity contribution is 6.42. The van der Waals surface area contributed by atoms with Crippen LogP contribution in [0.15, 0.2) is 18.2 Å². The van der Waals surface area contributed by atoms with Crippen molar-refractivity contribution in [2.45, 2.75) is 44.4 Å². The Bertz CT molecular complexity index is 628. The van der Waals surface area contributed by atoms with Crippen molar-refractivity contribution in [2.24, 2.45) is 0 Å². The van der Waals surface area contributed by atoms with Crippen LogP contribution in [-0.2, 0) is 0 Å². The summed E-state index contributed by atoms with van der Waals surface area (Å²) >= 11 is 12.1. The van der Waals surface area contributed by atoms with E-state index in [4.69, 9.17) is 28.9 Å². The van der Waals surface area contributed by atoms with E-state index in [1.165, 1.54) is 38.5 Å². The predicted molar refractivity (Wildman–Crippen MR) is 88.9 cm³/mol. The maximum absolute atomic E-state index is 6.14. The number of rotatable bonds is 2. The molecule has 5 heteroatoms. The van der Waals surface area contributed by atoms with Crippen molar-refractivity contribution in [2.75, 3.05) is 5.73 Å². The van der Waals surface area contributed by atoms with E-state index in [0.29, 0.717) is 21.8 Å². The monoisotopic (exact) mass is 323 g/mol. The lowest BCUT2D eigenvalue weighted by Gasteiger charge is -2.15. The van der Waals surface area contributed by atoms with Gasteiger partial charge in [0.2, 0.25) is 0 Å². The Labute approximate surface area is 134 Å². The number of nitrogens with one attached hydrogen (secondary N) is 1. The fourth-order valence-electron chi connectivity index (χ4n) is 3.19. The summed E-state index contributed by atoms with van der Waals surface area (Å²) in [4.78, 5) is 0. The lowest BCUT2D eigenvalue weighted by atomic mass is 9.91. The molecule has 1 heterocycles. The molecule has 1 fully saturated rings. The van der Waals surface area contributed by atoms with E-state index in [-0.39, 0.29) is 0 Å². The standard InChI is InChI=1S/C16H19Cl2N3/c17-12-8-7-11(9-13(12)18)14-15(20-21-16(14)19)10-5-3-1-2-4-6-10/h7-10H,1-6H2,(H3,19,20,21). The normalized spacial score (nSPS) is 16.9. The van der Waals surface area contributed by atoms with Gasteiger partial charge in [0.15, 0.2) is 5.82 Å². The molecule has 21 heavy (non-hydrogen) atoms. The van der Waals surface area contributed by atoms with Crippen LogP contribution in [0, 0.1) is 0 Å². The molecule has 1 aromatic heterocycles. The summed E-state index contributed by atoms with van der Waals surface area (Å²) in [5.41, 5.74) is 9.20. The molecule has 0 saturated heterocycles. The Morgan fingerprint density at radius 2 is 1.76 bits per heavy atom. The second-order valence-corrected chi connectivity index (χ2v) is 6.53. The van der Waals surface area contributed by atoms with Crippen LogP contribution in [0.2, 0.25) is 10.0 Å². The summed E-state index contributed by atoms with van der Waals surface area (Å²) in [6, 6.07) is 5.63. The van der Waals surface area contributed by atoms with Crippen LogP contribution in [0.5, 0.6) is 0 Å². The third kappa shape index (κ3) is 3.04. The summed E-state index contributed by atoms with van der Waals surface area (Å²) in [5, 5.41) is 8.48. The number of nitrogen functional groups attached to an aromatic ring is 1. The molecule has 0 amide bonds. The minimum absolute atomic E-state index is 0.502. The van der Waals surface area contributed by atoms with Gasteiger partial charge in [0.25, 0.3) is 0 Å². The molecule has 1 aromatic carbocycles. The molecule has 0 spiro atoms. The lowest BCUT2D eigenvalue weighted by molar-refractivity contribution is 0.577. The van der Waals surface area contributed by atoms with Gasteiger partial charge in [-0.15, -0.1) is 0 Å². The number of anilines is 1. The van der Waals surface area contributed by atoms with E-state index in [9.17, 15) is 0 Å². The van der Waals surface area contributed by atoms with Crippen molar-refractivity contribution < 1.29 is 0 Å². The number of hydrogen-bond donors (Lipinski definition) is 2. The van der Waals surface area contributed by atoms with E-state index in [1.54, 1.807) is 0 Å². The Balaban J connectivity index is 2.01. The van der Waals surface area contributed by atoms with Crippen molar-refractivity contribution in [3.8, 4) is 11.1 Å². The Kier molecular flexibility index (Phi) is 4.41. The van der Waals surface area contributed by atoms with Gasteiger partial charge in [-0.2, -0.15) is 5.10 Å². The van der Waals surface area contributed by atoms with Crippen LogP contribution in [0.4, 0.5) is 5.82 Å². The van der Waals surface area contributed by atoms with Gasteiger partial charge < -0.3 is 5.73 Å². The van der Waals surface area contributed by atoms with E-state index in [1.807, 2.05) is 18.2 Å². The number of aromatic amines is 1. The van der Waals surface area contributed by atoms with Crippen molar-refractivity contribution in [3.05, 3.63) is 33.9 Å². The molecule has 112 valence electrons. The maximum Gasteiger partial charge on any atom is 0.153 e. The molecular formula is C16H19Cl2N3. The zero-order valence-corrected chi connectivity index (χ0v) is 13.3. The van der Waals surface area contributed by atoms with Gasteiger partial charge in [-0.05, 0) is 30.5 Å². The molecule has 0 radical (unpaired) electrons. The van der Waals surface area contributed by atoms with Crippen LogP contribution in [0.1, 0.15) is 50.1 Å². The smallest absolute Gasteiger partial charge is 0.153 e. The molecule has 0 aliphatic heterocycles. The van der Waals surface area contributed by atoms with E-state index < -0.39 is 0 Å². The molecule has 0 atom stereocenters. The second-order valence-electron chi connectivity index (χ2n) is 5.71. The second kappa shape index (κ2) is 6.29. The number of nitrogens with two attached hydrogens (primary N) is 1. The SMILES string of the molecule is Nc1n[nH]c(C2CCCCCC2)c1-c1ccc(Cl)c(Cl)c1. The molecular weight excluding hydrogens is 305 g/mol. The third-order valence-corrected chi connectivity index (χ3v) is 5.03. The largest absolute Gasteiger partial charge is 0.382 e. The summed E-state index contributed by atoms with van der Waals surface area (Å²) in [5.74, 6) is 1.04. The third-order valence-electron chi connectivity index (χ3n) is 4.29. The highest BCUT2D eigenvalue weighted by atomic mass is 35.5. The molecule has 3 rings (SSSR count). The average Bonchev–Trinajstić information content (AvgIpc) is 2.69. The first-order chi connectivity index (χ1) is 10.2. The van der Waals surface area contributed by atoms with Crippen molar-refractivity contribution in [1.82, 2.24) is 10.2 Å². The Morgan fingerprint density at radius 1 is 1.05 bits per heavy atom. The van der Waals surface area contributed by atoms with Gasteiger partial charge in [0, 0.05) is 17.2 Å². The van der Waals surface area contributed by atoms with Crippen LogP contribution in [-0.4, -0.2) is 10.2 Å². The van der Waals surface area contributed by atoms with Crippen molar-refractivity contribution >= 4 is 29.0 Å². The Hall–Kier alpha value is -1.19. The maximum atomic E-state index is 6.14. The van der Waals surface area contributed by atoms with Crippen molar-refractivity contribution in [1.29, 1.82) is 0 Å². The van der Waals surface area contributed by atoms with Crippen LogP contribution < -0.4 is 5.73 Å². The van der Waals surface area contributed by atoms with Crippen LogP contribution >= 0.6 is 23.2 Å². The number of hydrogen-bond acceptors (Lipinski definition) is 2. The fraction of sp³-hybridized carbons (Fsp3) is 0.438. The number of H-pyrrole nitrogens is 1. The minimum Gasteiger partial charge on any atom is -0.382 e. The molecule has 0 unspecified atom stereocenters. The number of nitrogens with zero attached hydrogens (tertiary/aromatic N) is 1. The topological polar surface area (TPSA) is 54.7 Å². The molecule has 3 N–H and O–H groups in total. The zero-order chi connectivity index (χ0) is 14.8. The first-order valence-electron chi connectivity index (χ1n) is 7.46. The highest BCUT2D eigenvalue weighted by Gasteiger charge is 2.22. The fourth-order valence-corrected chi connectivity index (χ4v) is 3.49. The molecule has 1 saturated carbocycles. The lowest BCUT2D eigenvalue weighted by Crippen LogP contribution is -2.00. The van der Waals surface area contributed by atoms with Gasteiger partial charge in [-0.3, -0.25) is 5.10 Å². The average molecular weight is 324 g/mol. The Morgan fingerprint density at radius 3 is 2.43 bits per heavy atom. The van der Waals surface area contributed by atoms with E-state index >= 15 is 0 Å². The van der Waals surface area contributed by atoms with Crippen LogP contribution in [0.3, 0.4) is 0 Å². The predicted octanol–water partition coefficient (Wildman–Crippen LogP) is 5.40. The number of halogens is 2. The van der Waals surface area contributed by atoms with E-state index in [2.05, 4.69) is 10.2 Å². The highest BCUT2D eigenvalue weighted by Crippen LogP contribution is 2.40. The van der Waals surface area contributed by atoms with Crippen molar-refractivity contribution in [3.63, 3.8) is 0 Å². The number of benzene rings is 1. The van der Waals surface area contributed by atoms with Gasteiger partial charge >= 0.3 is 0 Å². The summed E-state index contributed by atoms with van der Waals surface area (Å²) in [6.07, 6.45) is 7.56. The molecule has 0 bridgehead atoms. The minimum atomic E-state index is 0.502. The van der Waals surface area contributed by atoms with E-state index in [0.717, 1.165) is 16.8 Å². The van der Waals surface area contributed by atoms with Gasteiger partial charge in [-0.1, -0.05) is 55.0 Å². The summed E-state index contributed by atoms with van der Waals surface area (Å²) in [6.45, 7) is 0. The first-order valence-corrected chi connectivity index (χ1v) is 8.21. The van der Waals surface area contributed by atoms with Crippen LogP contribution in [0.25, 0.3) is 11.1 Å². The van der Waals surface area contributed by atoms with Gasteiger partial charge in [0.1, 0.15) is 0 Å². The van der Waals surface area contributed by atoms with Gasteiger partial charge in [-0.25, -0.2) is 0 Å². The summed E-state index contributed by atoms with van der Waals surface area (Å²) in [7, 11) is 0.